The molecule has 0 saturated heterocycles. The van der Waals surface area contributed by atoms with E-state index in [0.717, 1.165) is 0 Å². The maximum atomic E-state index is 12.7. The Morgan fingerprint density at radius 2 is 1.90 bits per heavy atom. The van der Waals surface area contributed by atoms with Gasteiger partial charge in [-0.25, -0.2) is 13.2 Å². The van der Waals surface area contributed by atoms with Crippen LogP contribution in [0.5, 0.6) is 5.75 Å². The van der Waals surface area contributed by atoms with Crippen molar-refractivity contribution in [3.63, 3.8) is 0 Å². The summed E-state index contributed by atoms with van der Waals surface area (Å²) in [6, 6.07) is 10.4. The molecular formula is C18H20ClN3O6S. The minimum Gasteiger partial charge on any atom is -0.495 e. The number of ether oxygens (including phenoxy) is 1. The quantitative estimate of drug-likeness (QED) is 0.497. The number of hydrogen-bond acceptors (Lipinski definition) is 5. The van der Waals surface area contributed by atoms with E-state index in [1.807, 2.05) is 0 Å². The number of rotatable bonds is 8. The molecule has 0 saturated carbocycles. The van der Waals surface area contributed by atoms with Gasteiger partial charge in [-0.3, -0.25) is 9.52 Å². The maximum Gasteiger partial charge on any atom is 0.404 e. The Hall–Kier alpha value is -2.98. The fourth-order valence-electron chi connectivity index (χ4n) is 2.33. The number of carbonyl (C=O) groups is 2. The lowest BCUT2D eigenvalue weighted by Gasteiger charge is -2.16. The molecule has 0 unspecified atom stereocenters. The minimum absolute atomic E-state index is 0.0585. The molecule has 0 fully saturated rings. The van der Waals surface area contributed by atoms with E-state index in [-0.39, 0.29) is 27.9 Å². The van der Waals surface area contributed by atoms with Crippen LogP contribution >= 0.6 is 11.6 Å². The number of carboxylic acid groups (broad SMARTS) is 1. The van der Waals surface area contributed by atoms with Gasteiger partial charge in [-0.05, 0) is 30.3 Å². The first-order chi connectivity index (χ1) is 13.6. The van der Waals surface area contributed by atoms with Crippen molar-refractivity contribution in [2.75, 3.05) is 23.7 Å². The Bertz CT molecular complexity index is 1010. The zero-order valence-corrected chi connectivity index (χ0v) is 17.2. The number of nitrogens with one attached hydrogen (secondary N) is 3. The molecule has 156 valence electrons. The molecule has 2 amide bonds. The summed E-state index contributed by atoms with van der Waals surface area (Å²) in [5.74, 6) is -0.848. The summed E-state index contributed by atoms with van der Waals surface area (Å²) in [4.78, 5) is 22.6. The Morgan fingerprint density at radius 3 is 2.52 bits per heavy atom. The lowest BCUT2D eigenvalue weighted by Crippen LogP contribution is -2.33. The minimum atomic E-state index is -4.01. The molecule has 0 spiro atoms. The molecule has 2 aromatic rings. The molecule has 29 heavy (non-hydrogen) atoms. The van der Waals surface area contributed by atoms with Gasteiger partial charge in [0.2, 0.25) is 5.91 Å². The standard InChI is InChI=1S/C18H20ClN3O6S/c1-11(10-20-18(24)25)17(23)21-12-7-8-15(28-2)14(9-12)22-29(26,27)16-6-4-3-5-13(16)19/h3-9,11,20,22H,10H2,1-2H3,(H,21,23)(H,24,25)/t11-/m0/s1. The Balaban J connectivity index is 2.24. The topological polar surface area (TPSA) is 134 Å². The summed E-state index contributed by atoms with van der Waals surface area (Å²) >= 11 is 5.98. The number of amides is 2. The predicted octanol–water partition coefficient (Wildman–Crippen LogP) is 2.99. The summed E-state index contributed by atoms with van der Waals surface area (Å²) in [5, 5.41) is 13.4. The molecule has 0 bridgehead atoms. The van der Waals surface area contributed by atoms with Crippen LogP contribution < -0.4 is 20.1 Å². The van der Waals surface area contributed by atoms with Crippen LogP contribution in [-0.4, -0.2) is 39.2 Å². The van der Waals surface area contributed by atoms with E-state index >= 15 is 0 Å². The third-order valence-corrected chi connectivity index (χ3v) is 5.71. The number of methoxy groups -OCH3 is 1. The highest BCUT2D eigenvalue weighted by molar-refractivity contribution is 7.92. The van der Waals surface area contributed by atoms with Gasteiger partial charge in [0.25, 0.3) is 10.0 Å². The summed E-state index contributed by atoms with van der Waals surface area (Å²) in [5.41, 5.74) is 0.399. The van der Waals surface area contributed by atoms with E-state index in [9.17, 15) is 18.0 Å². The predicted molar refractivity (Wildman–Crippen MR) is 109 cm³/mol. The van der Waals surface area contributed by atoms with Gasteiger partial charge in [0.15, 0.2) is 0 Å². The number of hydrogen-bond donors (Lipinski definition) is 4. The van der Waals surface area contributed by atoms with Crippen LogP contribution in [0.3, 0.4) is 0 Å². The van der Waals surface area contributed by atoms with Crippen molar-refractivity contribution in [2.24, 2.45) is 5.92 Å². The Kier molecular flexibility index (Phi) is 7.29. The average molecular weight is 442 g/mol. The number of halogens is 1. The average Bonchev–Trinajstić information content (AvgIpc) is 2.66. The maximum absolute atomic E-state index is 12.7. The van der Waals surface area contributed by atoms with Gasteiger partial charge in [0, 0.05) is 12.2 Å². The molecule has 9 nitrogen and oxygen atoms in total. The Morgan fingerprint density at radius 1 is 1.21 bits per heavy atom. The number of sulfonamides is 1. The van der Waals surface area contributed by atoms with E-state index in [4.69, 9.17) is 21.4 Å². The zero-order valence-electron chi connectivity index (χ0n) is 15.6. The lowest BCUT2D eigenvalue weighted by atomic mass is 10.1. The molecular weight excluding hydrogens is 422 g/mol. The third-order valence-electron chi connectivity index (χ3n) is 3.84. The number of benzene rings is 2. The molecule has 0 radical (unpaired) electrons. The van der Waals surface area contributed by atoms with Crippen LogP contribution in [0.25, 0.3) is 0 Å². The van der Waals surface area contributed by atoms with Gasteiger partial charge in [0.05, 0.1) is 23.7 Å². The smallest absolute Gasteiger partial charge is 0.404 e. The van der Waals surface area contributed by atoms with Crippen LogP contribution in [-0.2, 0) is 14.8 Å². The van der Waals surface area contributed by atoms with Gasteiger partial charge < -0.3 is 20.5 Å². The monoisotopic (exact) mass is 441 g/mol. The van der Waals surface area contributed by atoms with Crippen molar-refractivity contribution in [3.05, 3.63) is 47.5 Å². The van der Waals surface area contributed by atoms with Gasteiger partial charge in [-0.2, -0.15) is 0 Å². The second-order valence-corrected chi connectivity index (χ2v) is 8.09. The Labute approximate surface area is 173 Å². The largest absolute Gasteiger partial charge is 0.495 e. The SMILES string of the molecule is COc1ccc(NC(=O)[C@@H](C)CNC(=O)O)cc1NS(=O)(=O)c1ccccc1Cl. The van der Waals surface area contributed by atoms with Crippen molar-refractivity contribution in [1.82, 2.24) is 5.32 Å². The van der Waals surface area contributed by atoms with E-state index < -0.39 is 27.9 Å². The number of anilines is 2. The molecule has 4 N–H and O–H groups in total. The van der Waals surface area contributed by atoms with E-state index in [0.29, 0.717) is 5.69 Å². The van der Waals surface area contributed by atoms with Crippen LogP contribution in [0.15, 0.2) is 47.4 Å². The van der Waals surface area contributed by atoms with Crippen molar-refractivity contribution < 1.29 is 27.9 Å². The van der Waals surface area contributed by atoms with E-state index in [2.05, 4.69) is 15.4 Å². The molecule has 0 heterocycles. The second-order valence-electron chi connectivity index (χ2n) is 6.03. The van der Waals surface area contributed by atoms with Crippen molar-refractivity contribution in [3.8, 4) is 5.75 Å². The summed E-state index contributed by atoms with van der Waals surface area (Å²) < 4.78 is 32.9. The fourth-order valence-corrected chi connectivity index (χ4v) is 3.91. The molecule has 0 aliphatic heterocycles. The molecule has 2 rings (SSSR count). The van der Waals surface area contributed by atoms with Crippen molar-refractivity contribution >= 4 is 45.0 Å². The molecule has 11 heteroatoms. The fraction of sp³-hybridized carbons (Fsp3) is 0.222. The van der Waals surface area contributed by atoms with Crippen LogP contribution in [0.1, 0.15) is 6.92 Å². The van der Waals surface area contributed by atoms with E-state index in [1.165, 1.54) is 37.4 Å². The van der Waals surface area contributed by atoms with Gasteiger partial charge in [-0.15, -0.1) is 0 Å². The van der Waals surface area contributed by atoms with Crippen LogP contribution in [0.4, 0.5) is 16.2 Å². The molecule has 2 aromatic carbocycles. The van der Waals surface area contributed by atoms with E-state index in [1.54, 1.807) is 19.1 Å². The first kappa shape index (κ1) is 22.3. The highest BCUT2D eigenvalue weighted by atomic mass is 35.5. The second kappa shape index (κ2) is 9.48. The van der Waals surface area contributed by atoms with Crippen LogP contribution in [0, 0.1) is 5.92 Å². The molecule has 0 aliphatic carbocycles. The van der Waals surface area contributed by atoms with Gasteiger partial charge in [-0.1, -0.05) is 30.7 Å². The zero-order chi connectivity index (χ0) is 21.6. The summed E-state index contributed by atoms with van der Waals surface area (Å²) in [6.45, 7) is 1.49. The normalized spacial score (nSPS) is 12.0. The van der Waals surface area contributed by atoms with Gasteiger partial charge in [0.1, 0.15) is 10.6 Å². The number of carbonyl (C=O) groups excluding carboxylic acids is 1. The first-order valence-corrected chi connectivity index (χ1v) is 10.2. The molecule has 0 aliphatic rings. The van der Waals surface area contributed by atoms with Crippen LogP contribution in [0.2, 0.25) is 5.02 Å². The molecule has 1 atom stereocenters. The molecule has 0 aromatic heterocycles. The van der Waals surface area contributed by atoms with Crippen molar-refractivity contribution in [2.45, 2.75) is 11.8 Å². The first-order valence-electron chi connectivity index (χ1n) is 8.37. The summed E-state index contributed by atoms with van der Waals surface area (Å²) in [7, 11) is -2.63. The third kappa shape index (κ3) is 6.00. The highest BCUT2D eigenvalue weighted by Crippen LogP contribution is 2.31. The highest BCUT2D eigenvalue weighted by Gasteiger charge is 2.20. The van der Waals surface area contributed by atoms with Crippen molar-refractivity contribution in [1.29, 1.82) is 0 Å². The summed E-state index contributed by atoms with van der Waals surface area (Å²) in [6.07, 6.45) is -1.23. The van der Waals surface area contributed by atoms with Gasteiger partial charge >= 0.3 is 6.09 Å². The lowest BCUT2D eigenvalue weighted by molar-refractivity contribution is -0.119.